The number of thioether (sulfide) groups is 1. The van der Waals surface area contributed by atoms with E-state index in [2.05, 4.69) is 24.1 Å². The van der Waals surface area contributed by atoms with Gasteiger partial charge in [-0.3, -0.25) is 4.79 Å². The van der Waals surface area contributed by atoms with Crippen LogP contribution in [-0.2, 0) is 17.4 Å². The third-order valence-electron chi connectivity index (χ3n) is 5.42. The molecule has 0 bridgehead atoms. The lowest BCUT2D eigenvalue weighted by Gasteiger charge is -2.31. The van der Waals surface area contributed by atoms with Crippen molar-refractivity contribution in [2.45, 2.75) is 37.1 Å². The fourth-order valence-electron chi connectivity index (χ4n) is 4.04. The molecule has 0 unspecified atom stereocenters. The minimum Gasteiger partial charge on any atom is -0.399 e. The Morgan fingerprint density at radius 2 is 2.03 bits per heavy atom. The highest BCUT2D eigenvalue weighted by molar-refractivity contribution is 8.00. The molecule has 33 heavy (non-hydrogen) atoms. The molecule has 10 heteroatoms. The lowest BCUT2D eigenvalue weighted by Crippen LogP contribution is -2.27. The van der Waals surface area contributed by atoms with Gasteiger partial charge in [-0.1, -0.05) is 25.1 Å². The van der Waals surface area contributed by atoms with Gasteiger partial charge in [0.05, 0.1) is 20.4 Å². The van der Waals surface area contributed by atoms with Gasteiger partial charge in [0.2, 0.25) is 0 Å². The number of oxime groups is 1. The fourth-order valence-corrected chi connectivity index (χ4v) is 6.11. The highest BCUT2D eigenvalue weighted by Crippen LogP contribution is 2.48. The van der Waals surface area contributed by atoms with Crippen LogP contribution in [0.1, 0.15) is 47.3 Å². The van der Waals surface area contributed by atoms with Gasteiger partial charge in [-0.2, -0.15) is 18.3 Å². The molecule has 4 rings (SSSR count). The Labute approximate surface area is 197 Å². The normalized spacial score (nSPS) is 16.6. The summed E-state index contributed by atoms with van der Waals surface area (Å²) in [6.07, 6.45) is 0.548. The molecule has 2 heterocycles. The van der Waals surface area contributed by atoms with E-state index in [-0.39, 0.29) is 11.0 Å². The first-order valence-corrected chi connectivity index (χ1v) is 12.2. The molecule has 0 spiro atoms. The zero-order chi connectivity index (χ0) is 24.0. The molecular formula is C23H22F3N3O2S2. The topological polar surface area (TPSA) is 56.5 Å². The van der Waals surface area contributed by atoms with E-state index in [0.29, 0.717) is 5.69 Å². The Kier molecular flexibility index (Phi) is 6.17. The number of hydrogen-bond donors (Lipinski definition) is 0. The summed E-state index contributed by atoms with van der Waals surface area (Å²) in [4.78, 5) is 18.9. The Hall–Kier alpha value is -2.59. The van der Waals surface area contributed by atoms with Crippen molar-refractivity contribution in [2.75, 3.05) is 13.4 Å². The van der Waals surface area contributed by atoms with Crippen molar-refractivity contribution in [3.05, 3.63) is 58.8 Å². The number of alkyl halides is 3. The van der Waals surface area contributed by atoms with Crippen LogP contribution in [0, 0.1) is 5.41 Å². The largest absolute Gasteiger partial charge is 0.416 e. The molecule has 0 amide bonds. The lowest BCUT2D eigenvalue weighted by molar-refractivity contribution is -0.137. The van der Waals surface area contributed by atoms with Crippen LogP contribution in [-0.4, -0.2) is 34.8 Å². The summed E-state index contributed by atoms with van der Waals surface area (Å²) in [5.41, 5.74) is 2.67. The van der Waals surface area contributed by atoms with Gasteiger partial charge in [-0.05, 0) is 54.3 Å². The van der Waals surface area contributed by atoms with E-state index >= 15 is 0 Å². The molecule has 0 N–H and O–H groups in total. The first-order valence-electron chi connectivity index (χ1n) is 10.1. The third kappa shape index (κ3) is 4.59. The van der Waals surface area contributed by atoms with Crippen molar-refractivity contribution in [3.63, 3.8) is 0 Å². The number of hydrogen-bond acceptors (Lipinski definition) is 6. The third-order valence-corrected chi connectivity index (χ3v) is 7.79. The molecule has 0 atom stereocenters. The number of rotatable bonds is 4. The summed E-state index contributed by atoms with van der Waals surface area (Å²) >= 11 is 3.19. The first-order chi connectivity index (χ1) is 15.5. The molecule has 0 fully saturated rings. The van der Waals surface area contributed by atoms with Crippen LogP contribution in [0.15, 0.2) is 45.9 Å². The molecule has 0 aliphatic heterocycles. The van der Waals surface area contributed by atoms with E-state index in [1.165, 1.54) is 25.4 Å². The maximum atomic E-state index is 13.1. The first kappa shape index (κ1) is 23.6. The van der Waals surface area contributed by atoms with Gasteiger partial charge >= 0.3 is 6.18 Å². The molecule has 0 radical (unpaired) electrons. The van der Waals surface area contributed by atoms with E-state index in [1.807, 2.05) is 6.26 Å². The van der Waals surface area contributed by atoms with Gasteiger partial charge in [0.25, 0.3) is 5.91 Å². The minimum atomic E-state index is -4.52. The summed E-state index contributed by atoms with van der Waals surface area (Å²) in [7, 11) is 1.53. The molecule has 174 valence electrons. The molecule has 1 aliphatic rings. The zero-order valence-electron chi connectivity index (χ0n) is 18.5. The number of nitrogens with zero attached hydrogens (tertiary/aromatic N) is 3. The van der Waals surface area contributed by atoms with Gasteiger partial charge in [-0.25, -0.2) is 4.68 Å². The van der Waals surface area contributed by atoms with Gasteiger partial charge in [0, 0.05) is 17.3 Å². The number of halogens is 3. The van der Waals surface area contributed by atoms with Crippen molar-refractivity contribution in [3.8, 4) is 10.6 Å². The Balaban J connectivity index is 1.75. The van der Waals surface area contributed by atoms with E-state index in [9.17, 15) is 18.0 Å². The Morgan fingerprint density at radius 3 is 2.70 bits per heavy atom. The molecule has 3 aromatic rings. The second kappa shape index (κ2) is 8.64. The number of fused-ring (bicyclic) bond motifs is 1. The van der Waals surface area contributed by atoms with Crippen LogP contribution < -0.4 is 0 Å². The average molecular weight is 494 g/mol. The second-order valence-corrected chi connectivity index (χ2v) is 10.6. The maximum absolute atomic E-state index is 13.1. The SMILES string of the molecule is CON=C1CC(C)(C)Cc2c(-c3ccn(C(=O)c4cccc(C(F)(F)F)c4)n3)sc(SC)c21. The van der Waals surface area contributed by atoms with E-state index in [0.717, 1.165) is 55.6 Å². The molecule has 1 aromatic carbocycles. The molecule has 1 aliphatic carbocycles. The predicted molar refractivity (Wildman–Crippen MR) is 124 cm³/mol. The lowest BCUT2D eigenvalue weighted by atomic mass is 9.74. The summed E-state index contributed by atoms with van der Waals surface area (Å²) in [6.45, 7) is 4.33. The van der Waals surface area contributed by atoms with Crippen molar-refractivity contribution >= 4 is 34.7 Å². The van der Waals surface area contributed by atoms with Crippen molar-refractivity contribution in [2.24, 2.45) is 10.6 Å². The quantitative estimate of drug-likeness (QED) is 0.313. The zero-order valence-corrected chi connectivity index (χ0v) is 20.1. The molecule has 2 aromatic heterocycles. The van der Waals surface area contributed by atoms with Crippen molar-refractivity contribution < 1.29 is 22.8 Å². The molecule has 0 saturated heterocycles. The highest BCUT2D eigenvalue weighted by atomic mass is 32.2. The minimum absolute atomic E-state index is 0.0354. The van der Waals surface area contributed by atoms with E-state index in [1.54, 1.807) is 29.2 Å². The van der Waals surface area contributed by atoms with Crippen molar-refractivity contribution in [1.82, 2.24) is 9.78 Å². The Bertz CT molecular complexity index is 1240. The number of carbonyl (C=O) groups is 1. The predicted octanol–water partition coefficient (Wildman–Crippen LogP) is 6.36. The van der Waals surface area contributed by atoms with Crippen LogP contribution in [0.3, 0.4) is 0 Å². The molecular weight excluding hydrogens is 471 g/mol. The summed E-state index contributed by atoms with van der Waals surface area (Å²) in [5, 5.41) is 8.71. The van der Waals surface area contributed by atoms with Crippen LogP contribution in [0.5, 0.6) is 0 Å². The van der Waals surface area contributed by atoms with Crippen LogP contribution in [0.25, 0.3) is 10.6 Å². The smallest absolute Gasteiger partial charge is 0.399 e. The number of thiophene rings is 1. The second-order valence-electron chi connectivity index (χ2n) is 8.54. The average Bonchev–Trinajstić information content (AvgIpc) is 3.37. The number of aromatic nitrogens is 2. The monoisotopic (exact) mass is 493 g/mol. The van der Waals surface area contributed by atoms with E-state index in [4.69, 9.17) is 4.84 Å². The molecule has 0 saturated carbocycles. The maximum Gasteiger partial charge on any atom is 0.416 e. The van der Waals surface area contributed by atoms with Crippen LogP contribution >= 0.6 is 23.1 Å². The van der Waals surface area contributed by atoms with Crippen LogP contribution in [0.2, 0.25) is 0 Å². The van der Waals surface area contributed by atoms with Gasteiger partial charge in [0.15, 0.2) is 0 Å². The number of carbonyl (C=O) groups excluding carboxylic acids is 1. The van der Waals surface area contributed by atoms with Gasteiger partial charge < -0.3 is 4.84 Å². The van der Waals surface area contributed by atoms with Crippen LogP contribution in [0.4, 0.5) is 13.2 Å². The summed E-state index contributed by atoms with van der Waals surface area (Å²) in [6, 6.07) is 6.08. The van der Waals surface area contributed by atoms with E-state index < -0.39 is 17.6 Å². The van der Waals surface area contributed by atoms with Gasteiger partial charge in [-0.15, -0.1) is 23.1 Å². The Morgan fingerprint density at radius 1 is 1.27 bits per heavy atom. The summed E-state index contributed by atoms with van der Waals surface area (Å²) < 4.78 is 41.3. The van der Waals surface area contributed by atoms with Crippen molar-refractivity contribution in [1.29, 1.82) is 0 Å². The highest BCUT2D eigenvalue weighted by Gasteiger charge is 2.36. The summed E-state index contributed by atoms with van der Waals surface area (Å²) in [5.74, 6) is -0.621. The van der Waals surface area contributed by atoms with Gasteiger partial charge in [0.1, 0.15) is 12.8 Å². The number of benzene rings is 1. The standard InChI is InChI=1S/C23H22F3N3O2S2/c1-22(2)11-15-18(17(12-22)28-31-3)21(32-4)33-19(15)16-8-9-29(27-16)20(30)13-6-5-7-14(10-13)23(24,25)26/h5-10H,11-12H2,1-4H3. The molecule has 5 nitrogen and oxygen atoms in total. The fraction of sp³-hybridized carbons (Fsp3) is 0.348.